The molecule has 1 atom stereocenters. The topological polar surface area (TPSA) is 69.6 Å². The molecule has 0 saturated carbocycles. The standard InChI is InChI=1S/C14H19BrN2O3/c1-10(9-18)17(2)13(19)7-8-16-14(20)11-3-5-12(15)6-4-11/h3-6,10,18H,7-9H2,1-2H3,(H,16,20). The molecule has 110 valence electrons. The van der Waals surface area contributed by atoms with Gasteiger partial charge in [0.05, 0.1) is 12.6 Å². The van der Waals surface area contributed by atoms with Gasteiger partial charge in [0, 0.05) is 30.0 Å². The Labute approximate surface area is 127 Å². The second kappa shape index (κ2) is 8.01. The zero-order chi connectivity index (χ0) is 15.1. The third-order valence-electron chi connectivity index (χ3n) is 3.05. The Balaban J connectivity index is 2.39. The van der Waals surface area contributed by atoms with Crippen molar-refractivity contribution in [2.45, 2.75) is 19.4 Å². The average Bonchev–Trinajstić information content (AvgIpc) is 2.45. The van der Waals surface area contributed by atoms with Crippen LogP contribution >= 0.6 is 15.9 Å². The van der Waals surface area contributed by atoms with Crippen LogP contribution in [0.5, 0.6) is 0 Å². The Hall–Kier alpha value is -1.40. The molecule has 0 fully saturated rings. The molecule has 0 aromatic heterocycles. The third-order valence-corrected chi connectivity index (χ3v) is 3.58. The molecule has 0 aliphatic rings. The summed E-state index contributed by atoms with van der Waals surface area (Å²) >= 11 is 3.30. The minimum Gasteiger partial charge on any atom is -0.394 e. The van der Waals surface area contributed by atoms with Crippen LogP contribution in [0.4, 0.5) is 0 Å². The zero-order valence-electron chi connectivity index (χ0n) is 11.6. The molecule has 0 aliphatic carbocycles. The molecular weight excluding hydrogens is 324 g/mol. The number of halogens is 1. The minimum atomic E-state index is -0.218. The van der Waals surface area contributed by atoms with E-state index < -0.39 is 0 Å². The summed E-state index contributed by atoms with van der Waals surface area (Å²) in [4.78, 5) is 25.0. The van der Waals surface area contributed by atoms with Crippen LogP contribution < -0.4 is 5.32 Å². The van der Waals surface area contributed by atoms with Gasteiger partial charge in [0.2, 0.25) is 5.91 Å². The molecule has 0 saturated heterocycles. The Morgan fingerprint density at radius 3 is 2.50 bits per heavy atom. The van der Waals surface area contributed by atoms with Crippen molar-refractivity contribution in [1.82, 2.24) is 10.2 Å². The maximum atomic E-state index is 11.8. The van der Waals surface area contributed by atoms with Gasteiger partial charge >= 0.3 is 0 Å². The van der Waals surface area contributed by atoms with Gasteiger partial charge in [-0.2, -0.15) is 0 Å². The normalized spacial score (nSPS) is 11.8. The van der Waals surface area contributed by atoms with Crippen molar-refractivity contribution in [3.05, 3.63) is 34.3 Å². The number of likely N-dealkylation sites (N-methyl/N-ethyl adjacent to an activating group) is 1. The van der Waals surface area contributed by atoms with Crippen molar-refractivity contribution in [2.75, 3.05) is 20.2 Å². The van der Waals surface area contributed by atoms with E-state index >= 15 is 0 Å². The number of benzene rings is 1. The van der Waals surface area contributed by atoms with Gasteiger partial charge in [-0.05, 0) is 31.2 Å². The van der Waals surface area contributed by atoms with E-state index in [9.17, 15) is 9.59 Å². The van der Waals surface area contributed by atoms with Gasteiger partial charge in [-0.3, -0.25) is 9.59 Å². The van der Waals surface area contributed by atoms with E-state index in [-0.39, 0.29) is 37.4 Å². The fraction of sp³-hybridized carbons (Fsp3) is 0.429. The van der Waals surface area contributed by atoms with E-state index in [1.165, 1.54) is 4.90 Å². The van der Waals surface area contributed by atoms with E-state index in [2.05, 4.69) is 21.2 Å². The van der Waals surface area contributed by atoms with Crippen LogP contribution in [0, 0.1) is 0 Å². The quantitative estimate of drug-likeness (QED) is 0.821. The first kappa shape index (κ1) is 16.7. The summed E-state index contributed by atoms with van der Waals surface area (Å²) in [6, 6.07) is 6.78. The van der Waals surface area contributed by atoms with Gasteiger partial charge in [0.15, 0.2) is 0 Å². The van der Waals surface area contributed by atoms with Crippen LogP contribution in [0.25, 0.3) is 0 Å². The summed E-state index contributed by atoms with van der Waals surface area (Å²) in [6.07, 6.45) is 0.211. The molecule has 1 aromatic carbocycles. The average molecular weight is 343 g/mol. The number of aliphatic hydroxyl groups is 1. The highest BCUT2D eigenvalue weighted by Crippen LogP contribution is 2.10. The minimum absolute atomic E-state index is 0.0759. The fourth-order valence-corrected chi connectivity index (χ4v) is 1.80. The molecule has 1 rings (SSSR count). The predicted molar refractivity (Wildman–Crippen MR) is 80.4 cm³/mol. The lowest BCUT2D eigenvalue weighted by Crippen LogP contribution is -2.39. The van der Waals surface area contributed by atoms with Crippen LogP contribution in [-0.4, -0.2) is 48.1 Å². The van der Waals surface area contributed by atoms with E-state index in [1.54, 1.807) is 38.2 Å². The van der Waals surface area contributed by atoms with Gasteiger partial charge in [0.1, 0.15) is 0 Å². The van der Waals surface area contributed by atoms with Gasteiger partial charge in [-0.25, -0.2) is 0 Å². The second-order valence-corrected chi connectivity index (χ2v) is 5.46. The lowest BCUT2D eigenvalue weighted by atomic mass is 10.2. The molecule has 2 N–H and O–H groups in total. The molecule has 20 heavy (non-hydrogen) atoms. The van der Waals surface area contributed by atoms with E-state index in [0.717, 1.165) is 4.47 Å². The number of aliphatic hydroxyl groups excluding tert-OH is 1. The first-order chi connectivity index (χ1) is 9.45. The van der Waals surface area contributed by atoms with E-state index in [0.29, 0.717) is 5.56 Å². The first-order valence-corrected chi connectivity index (χ1v) is 7.15. The largest absolute Gasteiger partial charge is 0.394 e. The number of carbonyl (C=O) groups is 2. The van der Waals surface area contributed by atoms with E-state index in [4.69, 9.17) is 5.11 Å². The summed E-state index contributed by atoms with van der Waals surface area (Å²) in [7, 11) is 1.64. The van der Waals surface area contributed by atoms with Crippen molar-refractivity contribution in [2.24, 2.45) is 0 Å². The van der Waals surface area contributed by atoms with Crippen LogP contribution in [0.1, 0.15) is 23.7 Å². The van der Waals surface area contributed by atoms with Crippen molar-refractivity contribution in [1.29, 1.82) is 0 Å². The monoisotopic (exact) mass is 342 g/mol. The summed E-state index contributed by atoms with van der Waals surface area (Å²) in [6.45, 7) is 1.96. The molecule has 2 amide bonds. The molecule has 0 radical (unpaired) electrons. The van der Waals surface area contributed by atoms with Crippen molar-refractivity contribution in [3.63, 3.8) is 0 Å². The lowest BCUT2D eigenvalue weighted by Gasteiger charge is -2.23. The summed E-state index contributed by atoms with van der Waals surface area (Å²) in [5.41, 5.74) is 0.553. The van der Waals surface area contributed by atoms with E-state index in [1.807, 2.05) is 0 Å². The Morgan fingerprint density at radius 1 is 1.35 bits per heavy atom. The van der Waals surface area contributed by atoms with Crippen LogP contribution in [0.3, 0.4) is 0 Å². The molecular formula is C14H19BrN2O3. The molecule has 0 spiro atoms. The number of hydrogen-bond acceptors (Lipinski definition) is 3. The number of amides is 2. The summed E-state index contributed by atoms with van der Waals surface area (Å²) < 4.78 is 0.906. The highest BCUT2D eigenvalue weighted by atomic mass is 79.9. The van der Waals surface area contributed by atoms with Gasteiger partial charge in [0.25, 0.3) is 5.91 Å². The number of nitrogens with one attached hydrogen (secondary N) is 1. The molecule has 6 heteroatoms. The number of carbonyl (C=O) groups excluding carboxylic acids is 2. The smallest absolute Gasteiger partial charge is 0.251 e. The summed E-state index contributed by atoms with van der Waals surface area (Å²) in [5.74, 6) is -0.314. The number of nitrogens with zero attached hydrogens (tertiary/aromatic N) is 1. The highest BCUT2D eigenvalue weighted by Gasteiger charge is 2.14. The number of rotatable bonds is 6. The lowest BCUT2D eigenvalue weighted by molar-refractivity contribution is -0.132. The second-order valence-electron chi connectivity index (χ2n) is 4.55. The van der Waals surface area contributed by atoms with Crippen LogP contribution in [0.15, 0.2) is 28.7 Å². The third kappa shape index (κ3) is 4.94. The zero-order valence-corrected chi connectivity index (χ0v) is 13.2. The first-order valence-electron chi connectivity index (χ1n) is 6.36. The van der Waals surface area contributed by atoms with Gasteiger partial charge in [-0.1, -0.05) is 15.9 Å². The maximum absolute atomic E-state index is 11.8. The highest BCUT2D eigenvalue weighted by molar-refractivity contribution is 9.10. The van der Waals surface area contributed by atoms with Gasteiger partial charge in [-0.15, -0.1) is 0 Å². The molecule has 0 heterocycles. The Morgan fingerprint density at radius 2 is 1.95 bits per heavy atom. The van der Waals surface area contributed by atoms with Crippen LogP contribution in [0.2, 0.25) is 0 Å². The van der Waals surface area contributed by atoms with Crippen molar-refractivity contribution in [3.8, 4) is 0 Å². The molecule has 1 aromatic rings. The Bertz CT molecular complexity index is 462. The van der Waals surface area contributed by atoms with Gasteiger partial charge < -0.3 is 15.3 Å². The maximum Gasteiger partial charge on any atom is 0.251 e. The van der Waals surface area contributed by atoms with Crippen molar-refractivity contribution >= 4 is 27.7 Å². The molecule has 1 unspecified atom stereocenters. The summed E-state index contributed by atoms with van der Waals surface area (Å²) in [5, 5.41) is 11.7. The molecule has 5 nitrogen and oxygen atoms in total. The fourth-order valence-electron chi connectivity index (χ4n) is 1.53. The number of hydrogen-bond donors (Lipinski definition) is 2. The predicted octanol–water partition coefficient (Wildman–Crippen LogP) is 1.41. The molecule has 0 aliphatic heterocycles. The molecule has 0 bridgehead atoms. The SMILES string of the molecule is CC(CO)N(C)C(=O)CCNC(=O)c1ccc(Br)cc1. The van der Waals surface area contributed by atoms with Crippen molar-refractivity contribution < 1.29 is 14.7 Å². The van der Waals surface area contributed by atoms with Crippen LogP contribution in [-0.2, 0) is 4.79 Å². The Kier molecular flexibility index (Phi) is 6.67.